The van der Waals surface area contributed by atoms with Crippen LogP contribution in [0, 0.1) is 0 Å². The van der Waals surface area contributed by atoms with E-state index in [1.54, 1.807) is 12.1 Å². The van der Waals surface area contributed by atoms with Gasteiger partial charge in [0.05, 0.1) is 7.11 Å². The Labute approximate surface area is 93.8 Å². The van der Waals surface area contributed by atoms with E-state index in [0.717, 1.165) is 18.4 Å². The zero-order valence-corrected chi connectivity index (χ0v) is 9.34. The topological polar surface area (TPSA) is 55.5 Å². The van der Waals surface area contributed by atoms with E-state index in [0.29, 0.717) is 17.3 Å². The average Bonchev–Trinajstić information content (AvgIpc) is 3.01. The molecule has 4 heteroatoms. The number of methoxy groups -OCH3 is 1. The lowest BCUT2D eigenvalue weighted by Crippen LogP contribution is -2.19. The SMILES string of the molecule is COc1cc(Cl)cc(C2(CN)CC2)c1O. The average molecular weight is 228 g/mol. The van der Waals surface area contributed by atoms with Gasteiger partial charge in [0.1, 0.15) is 0 Å². The molecule has 0 aromatic heterocycles. The van der Waals surface area contributed by atoms with E-state index in [1.807, 2.05) is 0 Å². The second-order valence-electron chi connectivity index (χ2n) is 3.99. The highest BCUT2D eigenvalue weighted by molar-refractivity contribution is 6.30. The number of phenols is 1. The van der Waals surface area contributed by atoms with Crippen LogP contribution in [0.15, 0.2) is 12.1 Å². The lowest BCUT2D eigenvalue weighted by Gasteiger charge is -2.17. The highest BCUT2D eigenvalue weighted by Gasteiger charge is 2.45. The first-order chi connectivity index (χ1) is 7.13. The number of halogens is 1. The molecule has 0 saturated heterocycles. The lowest BCUT2D eigenvalue weighted by molar-refractivity contribution is 0.367. The second kappa shape index (κ2) is 3.58. The van der Waals surface area contributed by atoms with Crippen molar-refractivity contribution >= 4 is 11.6 Å². The van der Waals surface area contributed by atoms with Crippen molar-refractivity contribution in [2.24, 2.45) is 5.73 Å². The van der Waals surface area contributed by atoms with E-state index >= 15 is 0 Å². The first-order valence-corrected chi connectivity index (χ1v) is 5.28. The monoisotopic (exact) mass is 227 g/mol. The van der Waals surface area contributed by atoms with Crippen molar-refractivity contribution in [2.45, 2.75) is 18.3 Å². The van der Waals surface area contributed by atoms with Gasteiger partial charge in [0, 0.05) is 28.6 Å². The Hall–Kier alpha value is -0.930. The van der Waals surface area contributed by atoms with Crippen LogP contribution in [0.2, 0.25) is 5.02 Å². The van der Waals surface area contributed by atoms with Gasteiger partial charge < -0.3 is 15.6 Å². The minimum atomic E-state index is -0.0811. The molecule has 1 aliphatic rings. The summed E-state index contributed by atoms with van der Waals surface area (Å²) in [4.78, 5) is 0. The van der Waals surface area contributed by atoms with Gasteiger partial charge in [0.2, 0.25) is 0 Å². The molecule has 0 spiro atoms. The fourth-order valence-electron chi connectivity index (χ4n) is 1.87. The zero-order valence-electron chi connectivity index (χ0n) is 8.59. The standard InChI is InChI=1S/C11H14ClNO2/c1-15-9-5-7(12)4-8(10(9)14)11(6-13)2-3-11/h4-5,14H,2-3,6,13H2,1H3. The molecular formula is C11H14ClNO2. The number of ether oxygens (including phenoxy) is 1. The largest absolute Gasteiger partial charge is 0.504 e. The molecule has 0 bridgehead atoms. The van der Waals surface area contributed by atoms with E-state index in [9.17, 15) is 5.11 Å². The van der Waals surface area contributed by atoms with Crippen molar-refractivity contribution in [1.82, 2.24) is 0 Å². The number of hydrogen-bond donors (Lipinski definition) is 2. The molecule has 3 N–H and O–H groups in total. The van der Waals surface area contributed by atoms with Crippen molar-refractivity contribution in [2.75, 3.05) is 13.7 Å². The molecule has 1 aromatic rings. The molecule has 0 amide bonds. The summed E-state index contributed by atoms with van der Waals surface area (Å²) in [6.45, 7) is 0.532. The van der Waals surface area contributed by atoms with E-state index in [2.05, 4.69) is 0 Å². The van der Waals surface area contributed by atoms with Crippen molar-refractivity contribution in [3.05, 3.63) is 22.7 Å². The molecule has 0 atom stereocenters. The van der Waals surface area contributed by atoms with Gasteiger partial charge >= 0.3 is 0 Å². The molecule has 1 aromatic carbocycles. The Kier molecular flexibility index (Phi) is 2.52. The van der Waals surface area contributed by atoms with Gasteiger partial charge in [-0.3, -0.25) is 0 Å². The smallest absolute Gasteiger partial charge is 0.162 e. The fourth-order valence-corrected chi connectivity index (χ4v) is 2.08. The fraction of sp³-hybridized carbons (Fsp3) is 0.455. The van der Waals surface area contributed by atoms with Crippen LogP contribution in [-0.4, -0.2) is 18.8 Å². The van der Waals surface area contributed by atoms with Crippen LogP contribution in [0.3, 0.4) is 0 Å². The maximum absolute atomic E-state index is 9.98. The molecule has 82 valence electrons. The van der Waals surface area contributed by atoms with Crippen LogP contribution in [0.25, 0.3) is 0 Å². The molecule has 1 aliphatic carbocycles. The van der Waals surface area contributed by atoms with Gasteiger partial charge in [-0.15, -0.1) is 0 Å². The van der Waals surface area contributed by atoms with Crippen molar-refractivity contribution < 1.29 is 9.84 Å². The number of rotatable bonds is 3. The van der Waals surface area contributed by atoms with Gasteiger partial charge in [-0.25, -0.2) is 0 Å². The van der Waals surface area contributed by atoms with E-state index < -0.39 is 0 Å². The summed E-state index contributed by atoms with van der Waals surface area (Å²) < 4.78 is 5.06. The van der Waals surface area contributed by atoms with Crippen LogP contribution >= 0.6 is 11.6 Å². The maximum Gasteiger partial charge on any atom is 0.162 e. The predicted molar refractivity (Wildman–Crippen MR) is 59.6 cm³/mol. The molecule has 1 fully saturated rings. The van der Waals surface area contributed by atoms with Crippen molar-refractivity contribution in [3.8, 4) is 11.5 Å². The van der Waals surface area contributed by atoms with E-state index in [-0.39, 0.29) is 11.2 Å². The van der Waals surface area contributed by atoms with Crippen LogP contribution < -0.4 is 10.5 Å². The van der Waals surface area contributed by atoms with Gasteiger partial charge in [0.15, 0.2) is 11.5 Å². The molecule has 0 heterocycles. The van der Waals surface area contributed by atoms with E-state index in [1.165, 1.54) is 7.11 Å². The van der Waals surface area contributed by atoms with Crippen LogP contribution in [-0.2, 0) is 5.41 Å². The van der Waals surface area contributed by atoms with Crippen LogP contribution in [0.5, 0.6) is 11.5 Å². The summed E-state index contributed by atoms with van der Waals surface area (Å²) in [5, 5.41) is 10.5. The molecule has 0 radical (unpaired) electrons. The third kappa shape index (κ3) is 1.66. The Morgan fingerprint density at radius 1 is 1.53 bits per heavy atom. The highest BCUT2D eigenvalue weighted by Crippen LogP contribution is 2.52. The molecule has 1 saturated carbocycles. The number of hydrogen-bond acceptors (Lipinski definition) is 3. The van der Waals surface area contributed by atoms with Gasteiger partial charge in [-0.05, 0) is 18.9 Å². The van der Waals surface area contributed by atoms with Crippen LogP contribution in [0.4, 0.5) is 0 Å². The van der Waals surface area contributed by atoms with Crippen LogP contribution in [0.1, 0.15) is 18.4 Å². The minimum absolute atomic E-state index is 0.0811. The Morgan fingerprint density at radius 3 is 2.67 bits per heavy atom. The quantitative estimate of drug-likeness (QED) is 0.831. The third-order valence-electron chi connectivity index (χ3n) is 3.08. The lowest BCUT2D eigenvalue weighted by atomic mass is 9.95. The Morgan fingerprint density at radius 2 is 2.20 bits per heavy atom. The highest BCUT2D eigenvalue weighted by atomic mass is 35.5. The summed E-state index contributed by atoms with van der Waals surface area (Å²) in [5.41, 5.74) is 6.45. The summed E-state index contributed by atoms with van der Waals surface area (Å²) in [5.74, 6) is 0.585. The van der Waals surface area contributed by atoms with Gasteiger partial charge in [-0.1, -0.05) is 11.6 Å². The molecule has 0 aliphatic heterocycles. The predicted octanol–water partition coefficient (Wildman–Crippen LogP) is 2.04. The van der Waals surface area contributed by atoms with Crippen molar-refractivity contribution in [1.29, 1.82) is 0 Å². The number of phenolic OH excluding ortho intramolecular Hbond substituents is 1. The summed E-state index contributed by atoms with van der Waals surface area (Å²) >= 11 is 5.96. The van der Waals surface area contributed by atoms with Gasteiger partial charge in [-0.2, -0.15) is 0 Å². The Balaban J connectivity index is 2.51. The second-order valence-corrected chi connectivity index (χ2v) is 4.43. The molecule has 15 heavy (non-hydrogen) atoms. The number of aromatic hydroxyl groups is 1. The first kappa shape index (κ1) is 10.6. The molecule has 0 unspecified atom stereocenters. The Bertz CT molecular complexity index is 388. The maximum atomic E-state index is 9.98. The first-order valence-electron chi connectivity index (χ1n) is 4.90. The normalized spacial score (nSPS) is 17.5. The summed E-state index contributed by atoms with van der Waals surface area (Å²) in [6, 6.07) is 3.38. The van der Waals surface area contributed by atoms with E-state index in [4.69, 9.17) is 22.1 Å². The zero-order chi connectivity index (χ0) is 11.1. The van der Waals surface area contributed by atoms with Gasteiger partial charge in [0.25, 0.3) is 0 Å². The number of nitrogens with two attached hydrogens (primary N) is 1. The molecule has 3 nitrogen and oxygen atoms in total. The molecule has 2 rings (SSSR count). The minimum Gasteiger partial charge on any atom is -0.504 e. The van der Waals surface area contributed by atoms with Crippen molar-refractivity contribution in [3.63, 3.8) is 0 Å². The molecular weight excluding hydrogens is 214 g/mol. The summed E-state index contributed by atoms with van der Waals surface area (Å²) in [7, 11) is 1.51. The third-order valence-corrected chi connectivity index (χ3v) is 3.29. The number of benzene rings is 1. The summed E-state index contributed by atoms with van der Waals surface area (Å²) in [6.07, 6.45) is 2.00.